The van der Waals surface area contributed by atoms with Crippen molar-refractivity contribution in [2.45, 2.75) is 46.6 Å². The lowest BCUT2D eigenvalue weighted by molar-refractivity contribution is -0.138. The highest BCUT2D eigenvalue weighted by Crippen LogP contribution is 2.05. The van der Waals surface area contributed by atoms with E-state index in [9.17, 15) is 9.59 Å². The minimum atomic E-state index is 0. The average molecular weight is 529 g/mol. The highest BCUT2D eigenvalue weighted by atomic mass is 127. The standard InChI is InChI=1S/C22H35N5O2.HI/c1-4-5-11-23-22(25-17-20-8-6-18(2)7-9-20)24-12-10-21(29)27-15-13-26(14-16-27)19(3)28;/h6-9H,4-5,10-17H2,1-3H3,(H2,23,24,25);1H. The second-order valence-corrected chi connectivity index (χ2v) is 7.49. The fourth-order valence-corrected chi connectivity index (χ4v) is 3.14. The van der Waals surface area contributed by atoms with Gasteiger partial charge < -0.3 is 20.4 Å². The third-order valence-corrected chi connectivity index (χ3v) is 5.07. The number of piperazine rings is 1. The van der Waals surface area contributed by atoms with Gasteiger partial charge in [-0.25, -0.2) is 4.99 Å². The number of carbonyl (C=O) groups is 2. The van der Waals surface area contributed by atoms with Gasteiger partial charge in [-0.15, -0.1) is 24.0 Å². The lowest BCUT2D eigenvalue weighted by Crippen LogP contribution is -2.50. The molecule has 1 heterocycles. The van der Waals surface area contributed by atoms with Crippen LogP contribution in [-0.4, -0.2) is 66.8 Å². The Labute approximate surface area is 197 Å². The first-order chi connectivity index (χ1) is 14.0. The van der Waals surface area contributed by atoms with Crippen molar-refractivity contribution < 1.29 is 9.59 Å². The molecule has 2 rings (SSSR count). The van der Waals surface area contributed by atoms with Gasteiger partial charge in [0, 0.05) is 52.6 Å². The van der Waals surface area contributed by atoms with Crippen LogP contribution in [-0.2, 0) is 16.1 Å². The number of nitrogens with zero attached hydrogens (tertiary/aromatic N) is 3. The van der Waals surface area contributed by atoms with Crippen LogP contribution in [0.5, 0.6) is 0 Å². The summed E-state index contributed by atoms with van der Waals surface area (Å²) in [6.07, 6.45) is 2.60. The summed E-state index contributed by atoms with van der Waals surface area (Å²) in [6.45, 7) is 10.3. The van der Waals surface area contributed by atoms with Crippen LogP contribution in [0.25, 0.3) is 0 Å². The predicted molar refractivity (Wildman–Crippen MR) is 132 cm³/mol. The van der Waals surface area contributed by atoms with Crippen molar-refractivity contribution >= 4 is 41.8 Å². The van der Waals surface area contributed by atoms with Gasteiger partial charge in [0.25, 0.3) is 0 Å². The average Bonchev–Trinajstić information content (AvgIpc) is 2.72. The van der Waals surface area contributed by atoms with Crippen LogP contribution in [0.1, 0.15) is 44.2 Å². The number of amides is 2. The zero-order chi connectivity index (χ0) is 21.1. The Hall–Kier alpha value is -1.84. The molecule has 0 aliphatic carbocycles. The van der Waals surface area contributed by atoms with Gasteiger partial charge in [-0.2, -0.15) is 0 Å². The maximum Gasteiger partial charge on any atom is 0.224 e. The normalized spacial score (nSPS) is 14.2. The molecular formula is C22H36IN5O2. The molecule has 1 fully saturated rings. The van der Waals surface area contributed by atoms with Crippen LogP contribution in [0.3, 0.4) is 0 Å². The third kappa shape index (κ3) is 9.32. The molecule has 0 radical (unpaired) electrons. The number of aliphatic imine (C=N–C) groups is 1. The van der Waals surface area contributed by atoms with Crippen molar-refractivity contribution in [2.75, 3.05) is 39.3 Å². The SMILES string of the molecule is CCCCNC(=NCc1ccc(C)cc1)NCCC(=O)N1CCN(C(C)=O)CC1.I. The number of nitrogens with one attached hydrogen (secondary N) is 2. The molecular weight excluding hydrogens is 493 g/mol. The summed E-state index contributed by atoms with van der Waals surface area (Å²) in [5.41, 5.74) is 2.39. The second-order valence-electron chi connectivity index (χ2n) is 7.49. The van der Waals surface area contributed by atoms with Crippen molar-refractivity contribution in [2.24, 2.45) is 4.99 Å². The molecule has 1 aromatic rings. The number of rotatable bonds is 8. The summed E-state index contributed by atoms with van der Waals surface area (Å²) in [4.78, 5) is 32.1. The Balaban J connectivity index is 0.00000450. The van der Waals surface area contributed by atoms with Gasteiger partial charge in [-0.1, -0.05) is 43.2 Å². The van der Waals surface area contributed by atoms with Crippen LogP contribution < -0.4 is 10.6 Å². The van der Waals surface area contributed by atoms with Gasteiger partial charge in [-0.3, -0.25) is 9.59 Å². The van der Waals surface area contributed by atoms with Gasteiger partial charge in [0.05, 0.1) is 6.54 Å². The van der Waals surface area contributed by atoms with Crippen molar-refractivity contribution in [1.29, 1.82) is 0 Å². The summed E-state index contributed by atoms with van der Waals surface area (Å²) in [6, 6.07) is 8.36. The molecule has 1 saturated heterocycles. The molecule has 1 aromatic carbocycles. The lowest BCUT2D eigenvalue weighted by atomic mass is 10.1. The summed E-state index contributed by atoms with van der Waals surface area (Å²) in [5.74, 6) is 0.937. The molecule has 7 nitrogen and oxygen atoms in total. The van der Waals surface area contributed by atoms with E-state index in [1.807, 2.05) is 4.90 Å². The summed E-state index contributed by atoms with van der Waals surface area (Å²) in [5, 5.41) is 6.63. The minimum Gasteiger partial charge on any atom is -0.356 e. The Kier molecular flexibility index (Phi) is 12.4. The zero-order valence-corrected chi connectivity index (χ0v) is 20.8. The molecule has 1 aliphatic rings. The van der Waals surface area contributed by atoms with E-state index in [-0.39, 0.29) is 35.8 Å². The molecule has 1 aliphatic heterocycles. The van der Waals surface area contributed by atoms with Crippen LogP contribution in [0.15, 0.2) is 29.3 Å². The quantitative estimate of drug-likeness (QED) is 0.235. The molecule has 0 unspecified atom stereocenters. The van der Waals surface area contributed by atoms with E-state index in [1.165, 1.54) is 5.56 Å². The molecule has 0 spiro atoms. The molecule has 8 heteroatoms. The fourth-order valence-electron chi connectivity index (χ4n) is 3.14. The number of guanidine groups is 1. The van der Waals surface area contributed by atoms with Crippen LogP contribution >= 0.6 is 24.0 Å². The molecule has 2 amide bonds. The van der Waals surface area contributed by atoms with E-state index < -0.39 is 0 Å². The summed E-state index contributed by atoms with van der Waals surface area (Å²) in [7, 11) is 0. The number of benzene rings is 1. The lowest BCUT2D eigenvalue weighted by Gasteiger charge is -2.34. The Bertz CT molecular complexity index is 685. The Morgan fingerprint density at radius 3 is 2.20 bits per heavy atom. The van der Waals surface area contributed by atoms with Crippen molar-refractivity contribution in [3.8, 4) is 0 Å². The molecule has 0 saturated carbocycles. The molecule has 0 aromatic heterocycles. The second kappa shape index (κ2) is 14.2. The van der Waals surface area contributed by atoms with Gasteiger partial charge >= 0.3 is 0 Å². The molecule has 168 valence electrons. The maximum absolute atomic E-state index is 12.4. The third-order valence-electron chi connectivity index (χ3n) is 5.07. The Morgan fingerprint density at radius 2 is 1.60 bits per heavy atom. The predicted octanol–water partition coefficient (Wildman–Crippen LogP) is 2.53. The highest BCUT2D eigenvalue weighted by Gasteiger charge is 2.21. The topological polar surface area (TPSA) is 77.0 Å². The van der Waals surface area contributed by atoms with Crippen LogP contribution in [0.4, 0.5) is 0 Å². The number of hydrogen-bond donors (Lipinski definition) is 2. The molecule has 0 bridgehead atoms. The first-order valence-electron chi connectivity index (χ1n) is 10.6. The van der Waals surface area contributed by atoms with E-state index in [0.717, 1.165) is 30.9 Å². The number of hydrogen-bond acceptors (Lipinski definition) is 3. The largest absolute Gasteiger partial charge is 0.356 e. The van der Waals surface area contributed by atoms with E-state index in [4.69, 9.17) is 0 Å². The first kappa shape index (κ1) is 26.2. The molecule has 30 heavy (non-hydrogen) atoms. The number of unbranched alkanes of at least 4 members (excludes halogenated alkanes) is 1. The smallest absolute Gasteiger partial charge is 0.224 e. The minimum absolute atomic E-state index is 0. The highest BCUT2D eigenvalue weighted by molar-refractivity contribution is 14.0. The van der Waals surface area contributed by atoms with Crippen LogP contribution in [0, 0.1) is 6.92 Å². The maximum atomic E-state index is 12.4. The van der Waals surface area contributed by atoms with Gasteiger partial charge in [0.2, 0.25) is 11.8 Å². The van der Waals surface area contributed by atoms with Gasteiger partial charge in [-0.05, 0) is 18.9 Å². The number of carbonyl (C=O) groups excluding carboxylic acids is 2. The monoisotopic (exact) mass is 529 g/mol. The van der Waals surface area contributed by atoms with E-state index in [1.54, 1.807) is 11.8 Å². The van der Waals surface area contributed by atoms with Crippen molar-refractivity contribution in [3.63, 3.8) is 0 Å². The summed E-state index contributed by atoms with van der Waals surface area (Å²) < 4.78 is 0. The zero-order valence-electron chi connectivity index (χ0n) is 18.4. The number of halogens is 1. The Morgan fingerprint density at radius 1 is 1.00 bits per heavy atom. The number of aryl methyl sites for hydroxylation is 1. The van der Waals surface area contributed by atoms with Crippen molar-refractivity contribution in [1.82, 2.24) is 20.4 Å². The van der Waals surface area contributed by atoms with E-state index in [2.05, 4.69) is 53.7 Å². The summed E-state index contributed by atoms with van der Waals surface area (Å²) >= 11 is 0. The molecule has 0 atom stereocenters. The fraction of sp³-hybridized carbons (Fsp3) is 0.591. The van der Waals surface area contributed by atoms with Gasteiger partial charge in [0.1, 0.15) is 0 Å². The molecule has 2 N–H and O–H groups in total. The van der Waals surface area contributed by atoms with Gasteiger partial charge in [0.15, 0.2) is 5.96 Å². The van der Waals surface area contributed by atoms with E-state index >= 15 is 0 Å². The van der Waals surface area contributed by atoms with E-state index in [0.29, 0.717) is 45.7 Å². The van der Waals surface area contributed by atoms with Crippen LogP contribution in [0.2, 0.25) is 0 Å². The first-order valence-corrected chi connectivity index (χ1v) is 10.6. The van der Waals surface area contributed by atoms with Crippen molar-refractivity contribution in [3.05, 3.63) is 35.4 Å².